The van der Waals surface area contributed by atoms with Crippen LogP contribution < -0.4 is 11.1 Å². The second kappa shape index (κ2) is 5.70. The number of carbonyl (C=O) groups excluding carboxylic acids is 1. The molecule has 0 aliphatic carbocycles. The van der Waals surface area contributed by atoms with Crippen molar-refractivity contribution < 1.29 is 9.21 Å². The zero-order valence-corrected chi connectivity index (χ0v) is 10.1. The lowest BCUT2D eigenvalue weighted by Crippen LogP contribution is -2.49. The van der Waals surface area contributed by atoms with E-state index in [0.717, 1.165) is 12.2 Å². The van der Waals surface area contributed by atoms with Gasteiger partial charge in [-0.1, -0.05) is 13.8 Å². The van der Waals surface area contributed by atoms with Crippen molar-refractivity contribution in [2.24, 2.45) is 11.7 Å². The van der Waals surface area contributed by atoms with Crippen LogP contribution in [-0.2, 0) is 11.2 Å². The second-order valence-electron chi connectivity index (χ2n) is 4.48. The number of rotatable bonds is 6. The quantitative estimate of drug-likeness (QED) is 0.765. The Hall–Kier alpha value is -1.29. The van der Waals surface area contributed by atoms with Crippen LogP contribution in [0.4, 0.5) is 0 Å². The molecule has 0 saturated carbocycles. The van der Waals surface area contributed by atoms with Crippen molar-refractivity contribution in [3.05, 3.63) is 24.2 Å². The molecule has 0 fully saturated rings. The third kappa shape index (κ3) is 3.70. The third-order valence-electron chi connectivity index (χ3n) is 2.52. The van der Waals surface area contributed by atoms with Gasteiger partial charge in [-0.2, -0.15) is 0 Å². The third-order valence-corrected chi connectivity index (χ3v) is 2.52. The molecule has 1 amide bonds. The summed E-state index contributed by atoms with van der Waals surface area (Å²) in [6.45, 7) is 5.96. The van der Waals surface area contributed by atoms with E-state index < -0.39 is 0 Å². The average molecular weight is 224 g/mol. The van der Waals surface area contributed by atoms with Crippen LogP contribution in [0.25, 0.3) is 0 Å². The summed E-state index contributed by atoms with van der Waals surface area (Å²) in [7, 11) is 0. The number of nitrogens with two attached hydrogens (primary N) is 1. The normalized spacial score (nSPS) is 15.0. The first kappa shape index (κ1) is 12.8. The molecule has 0 aromatic carbocycles. The lowest BCUT2D eigenvalue weighted by atomic mass is 10.0. The van der Waals surface area contributed by atoms with Crippen molar-refractivity contribution >= 4 is 5.91 Å². The van der Waals surface area contributed by atoms with E-state index in [2.05, 4.69) is 5.32 Å². The Morgan fingerprint density at radius 3 is 2.62 bits per heavy atom. The van der Waals surface area contributed by atoms with Gasteiger partial charge in [-0.05, 0) is 25.0 Å². The molecule has 90 valence electrons. The Kier molecular flexibility index (Phi) is 4.55. The first-order chi connectivity index (χ1) is 7.50. The molecule has 1 aromatic rings. The predicted octanol–water partition coefficient (Wildman–Crippen LogP) is 1.31. The minimum Gasteiger partial charge on any atom is -0.469 e. The van der Waals surface area contributed by atoms with Gasteiger partial charge in [-0.3, -0.25) is 4.79 Å². The van der Waals surface area contributed by atoms with Gasteiger partial charge in [0, 0.05) is 12.5 Å². The van der Waals surface area contributed by atoms with E-state index in [-0.39, 0.29) is 23.9 Å². The minimum atomic E-state index is -0.304. The second-order valence-corrected chi connectivity index (χ2v) is 4.48. The SMILES string of the molecule is CC(Cc1ccco1)NC(C(N)=O)C(C)C. The van der Waals surface area contributed by atoms with Crippen LogP contribution in [0.15, 0.2) is 22.8 Å². The lowest BCUT2D eigenvalue weighted by Gasteiger charge is -2.23. The Balaban J connectivity index is 2.49. The van der Waals surface area contributed by atoms with Crippen molar-refractivity contribution in [1.29, 1.82) is 0 Å². The molecular formula is C12H20N2O2. The average Bonchev–Trinajstić information content (AvgIpc) is 2.65. The van der Waals surface area contributed by atoms with Gasteiger partial charge in [-0.25, -0.2) is 0 Å². The van der Waals surface area contributed by atoms with Gasteiger partial charge in [0.1, 0.15) is 5.76 Å². The molecule has 2 unspecified atom stereocenters. The largest absolute Gasteiger partial charge is 0.469 e. The standard InChI is InChI=1S/C12H20N2O2/c1-8(2)11(12(13)15)14-9(3)7-10-5-4-6-16-10/h4-6,8-9,11,14H,7H2,1-3H3,(H2,13,15). The van der Waals surface area contributed by atoms with Crippen molar-refractivity contribution in [2.75, 3.05) is 0 Å². The van der Waals surface area contributed by atoms with E-state index in [1.807, 2.05) is 32.9 Å². The van der Waals surface area contributed by atoms with E-state index in [4.69, 9.17) is 10.2 Å². The van der Waals surface area contributed by atoms with E-state index in [0.29, 0.717) is 0 Å². The van der Waals surface area contributed by atoms with E-state index in [1.54, 1.807) is 6.26 Å². The molecule has 0 aliphatic heterocycles. The number of furan rings is 1. The zero-order chi connectivity index (χ0) is 12.1. The Morgan fingerprint density at radius 2 is 2.19 bits per heavy atom. The first-order valence-electron chi connectivity index (χ1n) is 5.58. The molecule has 4 nitrogen and oxygen atoms in total. The van der Waals surface area contributed by atoms with Crippen molar-refractivity contribution in [3.63, 3.8) is 0 Å². The summed E-state index contributed by atoms with van der Waals surface area (Å²) in [4.78, 5) is 11.2. The van der Waals surface area contributed by atoms with Gasteiger partial charge in [0.25, 0.3) is 0 Å². The molecule has 0 spiro atoms. The van der Waals surface area contributed by atoms with Crippen LogP contribution in [0.5, 0.6) is 0 Å². The lowest BCUT2D eigenvalue weighted by molar-refractivity contribution is -0.121. The van der Waals surface area contributed by atoms with E-state index in [1.165, 1.54) is 0 Å². The highest BCUT2D eigenvalue weighted by Gasteiger charge is 2.21. The fourth-order valence-corrected chi connectivity index (χ4v) is 1.70. The Morgan fingerprint density at radius 1 is 1.50 bits per heavy atom. The van der Waals surface area contributed by atoms with Gasteiger partial charge in [0.05, 0.1) is 12.3 Å². The van der Waals surface area contributed by atoms with Crippen molar-refractivity contribution in [2.45, 2.75) is 39.3 Å². The van der Waals surface area contributed by atoms with Crippen LogP contribution in [0, 0.1) is 5.92 Å². The molecular weight excluding hydrogens is 204 g/mol. The van der Waals surface area contributed by atoms with Crippen LogP contribution in [0.2, 0.25) is 0 Å². The molecule has 0 saturated heterocycles. The maximum Gasteiger partial charge on any atom is 0.234 e. The van der Waals surface area contributed by atoms with Crippen molar-refractivity contribution in [3.8, 4) is 0 Å². The van der Waals surface area contributed by atoms with Gasteiger partial charge >= 0.3 is 0 Å². The number of amides is 1. The predicted molar refractivity (Wildman–Crippen MR) is 62.8 cm³/mol. The highest BCUT2D eigenvalue weighted by atomic mass is 16.3. The molecule has 0 aliphatic rings. The minimum absolute atomic E-state index is 0.158. The highest BCUT2D eigenvalue weighted by molar-refractivity contribution is 5.80. The van der Waals surface area contributed by atoms with Crippen LogP contribution in [0.1, 0.15) is 26.5 Å². The van der Waals surface area contributed by atoms with Gasteiger partial charge < -0.3 is 15.5 Å². The smallest absolute Gasteiger partial charge is 0.234 e. The molecule has 1 heterocycles. The topological polar surface area (TPSA) is 68.3 Å². The van der Waals surface area contributed by atoms with Crippen LogP contribution >= 0.6 is 0 Å². The van der Waals surface area contributed by atoms with Crippen LogP contribution in [-0.4, -0.2) is 18.0 Å². The summed E-state index contributed by atoms with van der Waals surface area (Å²) in [5.74, 6) is 0.796. The highest BCUT2D eigenvalue weighted by Crippen LogP contribution is 2.07. The maximum atomic E-state index is 11.2. The van der Waals surface area contributed by atoms with Gasteiger partial charge in [0.2, 0.25) is 5.91 Å². The number of nitrogens with one attached hydrogen (secondary N) is 1. The number of hydrogen-bond donors (Lipinski definition) is 2. The Labute approximate surface area is 96.2 Å². The Bertz CT molecular complexity index is 320. The number of primary amides is 1. The summed E-state index contributed by atoms with van der Waals surface area (Å²) in [5.41, 5.74) is 5.33. The molecule has 4 heteroatoms. The van der Waals surface area contributed by atoms with E-state index in [9.17, 15) is 4.79 Å². The molecule has 0 bridgehead atoms. The summed E-state index contributed by atoms with van der Waals surface area (Å²) in [6, 6.07) is 3.65. The fraction of sp³-hybridized carbons (Fsp3) is 0.583. The first-order valence-corrected chi connectivity index (χ1v) is 5.58. The van der Waals surface area contributed by atoms with Crippen LogP contribution in [0.3, 0.4) is 0 Å². The van der Waals surface area contributed by atoms with Gasteiger partial charge in [0.15, 0.2) is 0 Å². The molecule has 2 atom stereocenters. The summed E-state index contributed by atoms with van der Waals surface area (Å²) >= 11 is 0. The van der Waals surface area contributed by atoms with E-state index >= 15 is 0 Å². The summed E-state index contributed by atoms with van der Waals surface area (Å²) in [6.07, 6.45) is 2.40. The molecule has 1 aromatic heterocycles. The number of carbonyl (C=O) groups is 1. The maximum absolute atomic E-state index is 11.2. The number of hydrogen-bond acceptors (Lipinski definition) is 3. The molecule has 0 radical (unpaired) electrons. The van der Waals surface area contributed by atoms with Crippen molar-refractivity contribution in [1.82, 2.24) is 5.32 Å². The summed E-state index contributed by atoms with van der Waals surface area (Å²) in [5, 5.41) is 3.22. The molecule has 16 heavy (non-hydrogen) atoms. The monoisotopic (exact) mass is 224 g/mol. The van der Waals surface area contributed by atoms with Gasteiger partial charge in [-0.15, -0.1) is 0 Å². The molecule has 3 N–H and O–H groups in total. The zero-order valence-electron chi connectivity index (χ0n) is 10.1. The summed E-state index contributed by atoms with van der Waals surface area (Å²) < 4.78 is 5.25. The molecule has 1 rings (SSSR count). The fourth-order valence-electron chi connectivity index (χ4n) is 1.70.